The van der Waals surface area contributed by atoms with E-state index in [1.807, 2.05) is 6.07 Å². The molecule has 0 aromatic heterocycles. The highest BCUT2D eigenvalue weighted by molar-refractivity contribution is 7.02. The maximum Gasteiger partial charge on any atom is 0.260 e. The molecule has 13 aromatic carbocycles. The van der Waals surface area contributed by atoms with Crippen molar-refractivity contribution >= 4 is 132 Å². The Bertz CT molecular complexity index is 4800. The van der Waals surface area contributed by atoms with Crippen molar-refractivity contribution in [2.75, 3.05) is 24.5 Å². The van der Waals surface area contributed by atoms with Crippen LogP contribution in [0.3, 0.4) is 0 Å². The summed E-state index contributed by atoms with van der Waals surface area (Å²) in [6, 6.07) is 110. The Kier molecular flexibility index (Phi) is 11.3. The summed E-state index contributed by atoms with van der Waals surface area (Å²) in [6.45, 7) is -0.540. The zero-order chi connectivity index (χ0) is 57.8. The summed E-state index contributed by atoms with van der Waals surface area (Å²) in [5.74, 6) is 4.47. The van der Waals surface area contributed by atoms with Gasteiger partial charge in [0.2, 0.25) is 0 Å². The summed E-state index contributed by atoms with van der Waals surface area (Å²) in [5.41, 5.74) is 21.9. The Morgan fingerprint density at radius 3 is 1.10 bits per heavy atom. The predicted molar refractivity (Wildman–Crippen MR) is 362 cm³/mol. The molecule has 13 aromatic rings. The van der Waals surface area contributed by atoms with Gasteiger partial charge in [0, 0.05) is 92.3 Å². The van der Waals surface area contributed by atoms with Gasteiger partial charge in [0.05, 0.1) is 22.7 Å². The fourth-order valence-corrected chi connectivity index (χ4v) is 14.2. The highest BCUT2D eigenvalue weighted by Gasteiger charge is 2.48. The Balaban J connectivity index is 0.910. The van der Waals surface area contributed by atoms with E-state index in [9.17, 15) is 0 Å². The van der Waals surface area contributed by atoms with E-state index in [4.69, 9.17) is 14.2 Å². The van der Waals surface area contributed by atoms with Gasteiger partial charge >= 0.3 is 0 Å². The van der Waals surface area contributed by atoms with Crippen LogP contribution in [0.15, 0.2) is 309 Å². The van der Waals surface area contributed by atoms with Crippen LogP contribution in [0, 0.1) is 0 Å². The molecule has 0 unspecified atom stereocenters. The van der Waals surface area contributed by atoms with E-state index in [0.717, 1.165) is 136 Å². The number of ether oxygens (including phenoxy) is 3. The van der Waals surface area contributed by atoms with Crippen molar-refractivity contribution in [2.45, 2.75) is 0 Å². The molecule has 0 aliphatic carbocycles. The normalized spacial score (nSPS) is 13.2. The van der Waals surface area contributed by atoms with Gasteiger partial charge < -0.3 is 38.7 Å². The van der Waals surface area contributed by atoms with Crippen LogP contribution in [0.1, 0.15) is 0 Å². The number of rotatable bonds is 9. The lowest BCUT2D eigenvalue weighted by atomic mass is 9.31. The van der Waals surface area contributed by atoms with Gasteiger partial charge in [0.25, 0.3) is 13.4 Å². The predicted octanol–water partition coefficient (Wildman–Crippen LogP) is 17.0. The molecule has 10 heteroatoms. The Morgan fingerprint density at radius 2 is 0.591 bits per heavy atom. The van der Waals surface area contributed by atoms with Crippen molar-refractivity contribution in [3.63, 3.8) is 0 Å². The molecule has 0 spiro atoms. The Hall–Kier alpha value is -11.6. The molecule has 18 rings (SSSR count). The lowest BCUT2D eigenvalue weighted by Crippen LogP contribution is -2.64. The monoisotopic (exact) mass is 1130 g/mol. The van der Waals surface area contributed by atoms with Crippen molar-refractivity contribution < 1.29 is 14.2 Å². The second-order valence-corrected chi connectivity index (χ2v) is 22.8. The molecule has 0 radical (unpaired) electrons. The number of nitrogens with zero attached hydrogens (tertiary/aromatic N) is 5. The molecular formula is C78H51B2N5O3. The van der Waals surface area contributed by atoms with E-state index >= 15 is 0 Å². The van der Waals surface area contributed by atoms with Gasteiger partial charge in [-0.3, -0.25) is 0 Å². The average molecular weight is 1130 g/mol. The third-order valence-corrected chi connectivity index (χ3v) is 17.8. The van der Waals surface area contributed by atoms with Crippen LogP contribution < -0.4 is 71.5 Å². The van der Waals surface area contributed by atoms with Gasteiger partial charge in [-0.15, -0.1) is 0 Å². The van der Waals surface area contributed by atoms with E-state index in [-0.39, 0.29) is 13.4 Å². The van der Waals surface area contributed by atoms with E-state index in [0.29, 0.717) is 0 Å². The first-order chi connectivity index (χ1) is 43.7. The number of para-hydroxylation sites is 10. The van der Waals surface area contributed by atoms with E-state index < -0.39 is 0 Å². The van der Waals surface area contributed by atoms with Crippen molar-refractivity contribution in [2.24, 2.45) is 0 Å². The second-order valence-electron chi connectivity index (χ2n) is 22.8. The third kappa shape index (κ3) is 7.82. The lowest BCUT2D eigenvalue weighted by molar-refractivity contribution is 0.459. The molecule has 8 nitrogen and oxygen atoms in total. The van der Waals surface area contributed by atoms with Crippen LogP contribution in [0.4, 0.5) is 85.3 Å². The van der Waals surface area contributed by atoms with Gasteiger partial charge in [0.15, 0.2) is 11.5 Å². The summed E-state index contributed by atoms with van der Waals surface area (Å²) in [5, 5.41) is 0. The molecule has 412 valence electrons. The second kappa shape index (κ2) is 20.0. The number of fused-ring (bicyclic) bond motifs is 10. The van der Waals surface area contributed by atoms with Crippen LogP contribution in [0.25, 0.3) is 0 Å². The van der Waals surface area contributed by atoms with Crippen LogP contribution in [-0.2, 0) is 0 Å². The van der Waals surface area contributed by atoms with Crippen LogP contribution >= 0.6 is 0 Å². The van der Waals surface area contributed by atoms with Crippen LogP contribution in [0.2, 0.25) is 0 Å². The minimum atomic E-state index is -0.339. The molecule has 5 aliphatic heterocycles. The zero-order valence-corrected chi connectivity index (χ0v) is 47.6. The van der Waals surface area contributed by atoms with Gasteiger partial charge in [-0.2, -0.15) is 0 Å². The summed E-state index contributed by atoms with van der Waals surface area (Å²) >= 11 is 0. The first kappa shape index (κ1) is 49.8. The molecule has 0 atom stereocenters. The quantitative estimate of drug-likeness (QED) is 0.133. The van der Waals surface area contributed by atoms with Crippen molar-refractivity contribution in [3.05, 3.63) is 309 Å². The molecule has 0 saturated carbocycles. The smallest absolute Gasteiger partial charge is 0.260 e. The first-order valence-corrected chi connectivity index (χ1v) is 30.0. The molecular weight excluding hydrogens is 1080 g/mol. The molecule has 0 bridgehead atoms. The van der Waals surface area contributed by atoms with Gasteiger partial charge in [0.1, 0.15) is 23.0 Å². The molecule has 0 fully saturated rings. The Morgan fingerprint density at radius 1 is 0.216 bits per heavy atom. The number of benzene rings is 13. The largest absolute Gasteiger partial charge is 0.458 e. The molecule has 5 aliphatic rings. The number of hydrogen-bond donors (Lipinski definition) is 0. The minimum absolute atomic E-state index is 0.201. The summed E-state index contributed by atoms with van der Waals surface area (Å²) in [6.07, 6.45) is 0. The topological polar surface area (TPSA) is 43.9 Å². The Labute approximate surface area is 511 Å². The highest BCUT2D eigenvalue weighted by Crippen LogP contribution is 2.54. The van der Waals surface area contributed by atoms with Gasteiger partial charge in [-0.05, 0) is 149 Å². The maximum absolute atomic E-state index is 7.61. The van der Waals surface area contributed by atoms with E-state index in [1.54, 1.807) is 0 Å². The zero-order valence-electron chi connectivity index (χ0n) is 47.6. The van der Waals surface area contributed by atoms with E-state index in [1.165, 1.54) is 16.4 Å². The summed E-state index contributed by atoms with van der Waals surface area (Å²) in [7, 11) is 0. The first-order valence-electron chi connectivity index (χ1n) is 30.0. The van der Waals surface area contributed by atoms with Crippen molar-refractivity contribution in [1.82, 2.24) is 0 Å². The van der Waals surface area contributed by atoms with E-state index in [2.05, 4.69) is 328 Å². The van der Waals surface area contributed by atoms with Crippen LogP contribution in [-0.4, -0.2) is 13.4 Å². The molecule has 0 amide bonds. The summed E-state index contributed by atoms with van der Waals surface area (Å²) in [4.78, 5) is 11.9. The molecule has 0 N–H and O–H groups in total. The SMILES string of the molecule is c1ccc(N(c2ccccc2)c2cc3c4c(c2)Oc2cc5c(cc2B4c2cc4c(cc2O3)N(c2ccccc2)c2ccccc2O4)B2c3ccccc3N(c3ccccc3)c3cc(N(c4ccccc4)c4ccccc4)cc(c32)N5c2ccccc2)cc1. The fraction of sp³-hybridized carbons (Fsp3) is 0. The number of anilines is 15. The minimum Gasteiger partial charge on any atom is -0.458 e. The molecule has 5 heterocycles. The van der Waals surface area contributed by atoms with Crippen molar-refractivity contribution in [1.29, 1.82) is 0 Å². The summed E-state index contributed by atoms with van der Waals surface area (Å²) < 4.78 is 22.1. The standard InChI is InChI=1S/C78H51B2N5O3/c1-8-26-52(27-9-1)81(53-28-10-2-11-29-53)59-44-69-77-70(45-59)85(58-38-20-7-21-39-58)67-50-72-63(48-62(67)79(77)61-40-22-23-41-65(61)83(69)56-34-16-5-17-35-56)80-64-49-74-68(84(57-36-18-6-19-37-57)66-42-24-25-43-71(66)86-74)51-73(64)88-76-47-60(46-75(87-72)78(76)80)82(54-30-12-3-13-31-54)55-32-14-4-15-33-55/h1-51H. The van der Waals surface area contributed by atoms with Crippen molar-refractivity contribution in [3.8, 4) is 34.5 Å². The third-order valence-electron chi connectivity index (χ3n) is 17.8. The fourth-order valence-electron chi connectivity index (χ4n) is 14.2. The average Bonchev–Trinajstić information content (AvgIpc) is 0.784. The van der Waals surface area contributed by atoms with Crippen LogP contribution in [0.5, 0.6) is 34.5 Å². The maximum atomic E-state index is 7.61. The molecule has 0 saturated heterocycles. The number of hydrogen-bond acceptors (Lipinski definition) is 8. The van der Waals surface area contributed by atoms with Gasteiger partial charge in [-0.25, -0.2) is 0 Å². The lowest BCUT2D eigenvalue weighted by Gasteiger charge is -2.45. The molecule has 88 heavy (non-hydrogen) atoms. The van der Waals surface area contributed by atoms with Gasteiger partial charge in [-0.1, -0.05) is 164 Å². The highest BCUT2D eigenvalue weighted by atomic mass is 16.5.